The van der Waals surface area contributed by atoms with E-state index in [4.69, 9.17) is 4.98 Å². The second-order valence-electron chi connectivity index (χ2n) is 33.8. The fourth-order valence-electron chi connectivity index (χ4n) is 16.0. The van der Waals surface area contributed by atoms with E-state index in [-0.39, 0.29) is 80.4 Å². The van der Waals surface area contributed by atoms with Crippen molar-refractivity contribution in [1.29, 1.82) is 0 Å². The van der Waals surface area contributed by atoms with Crippen molar-refractivity contribution in [3.05, 3.63) is 485 Å². The van der Waals surface area contributed by atoms with Crippen molar-refractivity contribution in [2.45, 2.75) is 182 Å². The Morgan fingerprint density at radius 2 is 0.576 bits per heavy atom. The Labute approximate surface area is 842 Å². The van der Waals surface area contributed by atoms with Crippen molar-refractivity contribution in [1.82, 2.24) is 24.9 Å². The van der Waals surface area contributed by atoms with Crippen LogP contribution in [-0.4, -0.2) is 24.9 Å². The molecule has 5 aromatic heterocycles. The van der Waals surface area contributed by atoms with Crippen LogP contribution in [0.4, 0.5) is 0 Å². The minimum Gasteiger partial charge on any atom is -0.305 e. The standard InChI is InChI=1S/C33H36N.C27H26N.C25H28N.C20H18N.C18H14N.4Ir/c1-5-13-28(14-6-1)17-9-3-11-19-30-21-24-32(25-22-30)33-26-23-31(27-34-33)20-12-4-10-18-29-15-7-2-8-16-29;1(4-10-22-11-6-3-7-12-22)2-5-13-23-16-19-27(28-21-23)26-18-17-24-14-8-9-15-25(24)20-26;1-20-16-21(2)18-24(17-20)25-19-23(14-15-26-25)13-7-4-3-6-10-22-11-8-5-9-12-22;1-16-10-13-20(21-15-16)19-9-5-8-18(14-19)12-11-17-6-3-2-4-7-17;1-14-10-11-18(19-13-14)17-9-5-8-16(12-17)15-6-3-2-4-7-15;;;;/h1-2,5-8,13-16,21-24,26-27H,3-4,9-12,17-20H2;3,6-9,11-12,14-17,19-21H,1-2,4-5,10,13H2;5,8-9,11-12,14-17,19H,3-4,6-7,10,13H2,1-2H3;2-8,10,13-15H,11-12H2,1H3;2-8,10-13H,1H3;;;;/q5*-1;;;;. The van der Waals surface area contributed by atoms with Gasteiger partial charge in [-0.25, -0.2) is 0 Å². The second-order valence-corrected chi connectivity index (χ2v) is 33.8. The number of pyridine rings is 5. The van der Waals surface area contributed by atoms with Crippen molar-refractivity contribution in [3.8, 4) is 67.4 Å². The number of unbranched alkanes of at least 4 members (excludes halogenated alkanes) is 10. The number of hydrogen-bond donors (Lipinski definition) is 0. The first-order valence-corrected chi connectivity index (χ1v) is 46.5. The molecule has 0 aliphatic heterocycles. The van der Waals surface area contributed by atoms with Gasteiger partial charge in [-0.1, -0.05) is 337 Å². The first-order chi connectivity index (χ1) is 63.1. The zero-order valence-electron chi connectivity index (χ0n) is 76.8. The van der Waals surface area contributed by atoms with E-state index in [0.717, 1.165) is 94.8 Å². The fourth-order valence-corrected chi connectivity index (χ4v) is 16.0. The molecule has 680 valence electrons. The maximum atomic E-state index is 4.71. The van der Waals surface area contributed by atoms with Crippen LogP contribution in [0.25, 0.3) is 78.2 Å². The van der Waals surface area contributed by atoms with Crippen LogP contribution in [0.3, 0.4) is 0 Å². The molecule has 4 radical (unpaired) electrons. The molecule has 0 unspecified atom stereocenters. The van der Waals surface area contributed by atoms with Crippen LogP contribution in [0.2, 0.25) is 0 Å². The summed E-state index contributed by atoms with van der Waals surface area (Å²) in [6.07, 6.45) is 38.8. The normalized spacial score (nSPS) is 10.5. The van der Waals surface area contributed by atoms with Crippen molar-refractivity contribution >= 4 is 10.8 Å². The van der Waals surface area contributed by atoms with Crippen LogP contribution < -0.4 is 0 Å². The first kappa shape index (κ1) is 105. The fraction of sp³-hybridized carbons (Fsp3) is 0.228. The van der Waals surface area contributed by atoms with Gasteiger partial charge in [0.25, 0.3) is 0 Å². The monoisotopic (exact) mass is 2440 g/mol. The van der Waals surface area contributed by atoms with Gasteiger partial charge in [0.1, 0.15) is 0 Å². The average molecular weight is 2440 g/mol. The maximum Gasteiger partial charge on any atom is 0.0192 e. The maximum absolute atomic E-state index is 4.71. The van der Waals surface area contributed by atoms with Gasteiger partial charge >= 0.3 is 0 Å². The molecule has 9 heteroatoms. The van der Waals surface area contributed by atoms with Crippen LogP contribution in [0, 0.1) is 58.0 Å². The molecule has 0 aliphatic rings. The molecule has 0 N–H and O–H groups in total. The summed E-state index contributed by atoms with van der Waals surface area (Å²) in [7, 11) is 0. The second kappa shape index (κ2) is 59.7. The minimum atomic E-state index is 0. The van der Waals surface area contributed by atoms with E-state index in [1.54, 1.807) is 0 Å². The van der Waals surface area contributed by atoms with E-state index in [1.165, 1.54) is 215 Å². The summed E-state index contributed by atoms with van der Waals surface area (Å²) in [5.41, 5.74) is 31.5. The molecule has 17 rings (SSSR count). The van der Waals surface area contributed by atoms with Gasteiger partial charge in [-0.15, -0.1) is 170 Å². The SMILES string of the molecule is Cc1[c-]c(-c2cc(CCCCCCc3ccccc3)ccn2)cc(C)c1.Cc1ccc(-c2[c-]ccc(-c3ccccc3)c2)nc1.Cc1ccc(-c2[c-]ccc(CCc3ccccc3)c2)nc1.[Ir].[Ir].[Ir].[Ir].[c-]1cc(CCCCCc2ccccc2)ccc1-c1ccc(CCCCCc2ccccc2)cn1.[c-]1cc2ccccc2cc1-c1ccc(CCCCCCc2ccccc2)cn1. The smallest absolute Gasteiger partial charge is 0.0192 e. The van der Waals surface area contributed by atoms with Gasteiger partial charge in [0.15, 0.2) is 0 Å². The van der Waals surface area contributed by atoms with Crippen molar-refractivity contribution in [3.63, 3.8) is 0 Å². The predicted molar refractivity (Wildman–Crippen MR) is 538 cm³/mol. The third kappa shape index (κ3) is 37.0. The van der Waals surface area contributed by atoms with Crippen molar-refractivity contribution in [2.24, 2.45) is 0 Å². The minimum absolute atomic E-state index is 0. The number of fused-ring (bicyclic) bond motifs is 1. The van der Waals surface area contributed by atoms with Crippen LogP contribution in [-0.2, 0) is 145 Å². The summed E-state index contributed by atoms with van der Waals surface area (Å²) in [6, 6.07) is 138. The molecule has 0 fully saturated rings. The molecule has 5 heterocycles. The summed E-state index contributed by atoms with van der Waals surface area (Å²) < 4.78 is 0. The summed E-state index contributed by atoms with van der Waals surface area (Å²) in [6.45, 7) is 8.32. The zero-order valence-corrected chi connectivity index (χ0v) is 86.4. The van der Waals surface area contributed by atoms with E-state index in [0.29, 0.717) is 0 Å². The molecule has 5 nitrogen and oxygen atoms in total. The third-order valence-electron chi connectivity index (χ3n) is 23.3. The molecule has 0 saturated heterocycles. The van der Waals surface area contributed by atoms with Gasteiger partial charge in [0.05, 0.1) is 0 Å². The van der Waals surface area contributed by atoms with Gasteiger partial charge in [-0.05, 0) is 207 Å². The quantitative estimate of drug-likeness (QED) is 0.0293. The Balaban J connectivity index is 0.000000187. The summed E-state index contributed by atoms with van der Waals surface area (Å²) >= 11 is 0. The summed E-state index contributed by atoms with van der Waals surface area (Å²) in [4.78, 5) is 22.9. The molecule has 0 amide bonds. The molecule has 132 heavy (non-hydrogen) atoms. The van der Waals surface area contributed by atoms with E-state index < -0.39 is 0 Å². The van der Waals surface area contributed by atoms with Crippen molar-refractivity contribution < 1.29 is 80.4 Å². The number of aromatic nitrogens is 5. The number of rotatable bonds is 35. The van der Waals surface area contributed by atoms with Crippen LogP contribution >= 0.6 is 0 Å². The van der Waals surface area contributed by atoms with E-state index >= 15 is 0 Å². The van der Waals surface area contributed by atoms with Crippen LogP contribution in [0.15, 0.2) is 377 Å². The summed E-state index contributed by atoms with van der Waals surface area (Å²) in [5.74, 6) is 0. The van der Waals surface area contributed by atoms with Crippen LogP contribution in [0.1, 0.15) is 168 Å². The average Bonchev–Trinajstić information content (AvgIpc) is 0.848. The number of benzene rings is 12. The van der Waals surface area contributed by atoms with E-state index in [9.17, 15) is 0 Å². The molecule has 0 spiro atoms. The molecule has 12 aromatic carbocycles. The van der Waals surface area contributed by atoms with Gasteiger partial charge in [0.2, 0.25) is 0 Å². The molecular formula is C123H122Ir4N5-5. The summed E-state index contributed by atoms with van der Waals surface area (Å²) in [5, 5.41) is 2.45. The Morgan fingerprint density at radius 3 is 1.03 bits per heavy atom. The number of nitrogens with zero attached hydrogens (tertiary/aromatic N) is 5. The van der Waals surface area contributed by atoms with Gasteiger partial charge in [0, 0.05) is 111 Å². The zero-order chi connectivity index (χ0) is 88.0. The van der Waals surface area contributed by atoms with Gasteiger partial charge < -0.3 is 24.9 Å². The van der Waals surface area contributed by atoms with Gasteiger partial charge in [-0.3, -0.25) is 0 Å². The molecular weight excluding hydrogens is 2320 g/mol. The molecule has 0 atom stereocenters. The Hall–Kier alpha value is -10.8. The topological polar surface area (TPSA) is 64.5 Å². The largest absolute Gasteiger partial charge is 0.305 e. The van der Waals surface area contributed by atoms with E-state index in [1.807, 2.05) is 62.2 Å². The predicted octanol–water partition coefficient (Wildman–Crippen LogP) is 31.2. The van der Waals surface area contributed by atoms with E-state index in [2.05, 4.69) is 393 Å². The van der Waals surface area contributed by atoms with Gasteiger partial charge in [-0.2, -0.15) is 0 Å². The first-order valence-electron chi connectivity index (χ1n) is 46.5. The number of aryl methyl sites for hydroxylation is 14. The van der Waals surface area contributed by atoms with Crippen molar-refractivity contribution in [2.75, 3.05) is 0 Å². The molecule has 0 aliphatic carbocycles. The van der Waals surface area contributed by atoms with Crippen LogP contribution in [0.5, 0.6) is 0 Å². The molecule has 17 aromatic rings. The Bertz CT molecular complexity index is 5900. The molecule has 0 saturated carbocycles. The third-order valence-corrected chi connectivity index (χ3v) is 23.3. The molecule has 0 bridgehead atoms. The Kier molecular flexibility index (Phi) is 47.5. The Morgan fingerprint density at radius 1 is 0.205 bits per heavy atom. The number of hydrogen-bond acceptors (Lipinski definition) is 5.